The Hall–Kier alpha value is -0.981. The van der Waals surface area contributed by atoms with Crippen LogP contribution >= 0.6 is 24.0 Å². The Balaban J connectivity index is 0. The van der Waals surface area contributed by atoms with Crippen LogP contribution in [-0.4, -0.2) is 0 Å². The summed E-state index contributed by atoms with van der Waals surface area (Å²) in [6.07, 6.45) is 0. The van der Waals surface area contributed by atoms with Crippen molar-refractivity contribution < 1.29 is 34.1 Å². The van der Waals surface area contributed by atoms with Crippen molar-refractivity contribution in [2.24, 2.45) is 0 Å². The topological polar surface area (TPSA) is 0 Å². The van der Waals surface area contributed by atoms with Crippen molar-refractivity contribution in [3.8, 4) is 0 Å². The van der Waals surface area contributed by atoms with E-state index in [1.54, 1.807) is 0 Å². The summed E-state index contributed by atoms with van der Waals surface area (Å²) in [5.41, 5.74) is 2.34. The molecule has 0 spiro atoms. The first-order valence-corrected chi connectivity index (χ1v) is 7.72. The van der Waals surface area contributed by atoms with Crippen LogP contribution in [0, 0.1) is 0 Å². The van der Waals surface area contributed by atoms with Crippen LogP contribution < -0.4 is 0 Å². The van der Waals surface area contributed by atoms with Crippen LogP contribution in [0.1, 0.15) is 16.5 Å². The summed E-state index contributed by atoms with van der Waals surface area (Å²) < 4.78 is 0. The van der Waals surface area contributed by atoms with Crippen molar-refractivity contribution in [2.45, 2.75) is 5.38 Å². The van der Waals surface area contributed by atoms with Crippen LogP contribution in [0.4, 0.5) is 0 Å². The van der Waals surface area contributed by atoms with Crippen LogP contribution in [0.15, 0.2) is 109 Å². The van der Waals surface area contributed by atoms with Gasteiger partial charge in [0, 0.05) is 0 Å². The van der Waals surface area contributed by atoms with Gasteiger partial charge in [-0.05, 0) is 5.38 Å². The first-order chi connectivity index (χ1) is 10.9. The Kier molecular flexibility index (Phi) is 17.3. The van der Waals surface area contributed by atoms with Gasteiger partial charge in [0.05, 0.1) is 0 Å². The van der Waals surface area contributed by atoms with Crippen LogP contribution in [-0.2, 0) is 34.1 Å². The summed E-state index contributed by atoms with van der Waals surface area (Å²) >= 11 is 6.21. The first kappa shape index (κ1) is 26.3. The third kappa shape index (κ3) is 10.6. The molecule has 0 bridgehead atoms. The van der Waals surface area contributed by atoms with E-state index >= 15 is 0 Å². The smallest absolute Gasteiger partial charge is 0.214 e. The Labute approximate surface area is 183 Å². The van der Waals surface area contributed by atoms with Crippen LogP contribution in [0.5, 0.6) is 0 Å². The van der Waals surface area contributed by atoms with Crippen LogP contribution in [0.3, 0.4) is 0 Å². The molecule has 0 N–H and O–H groups in total. The third-order valence-electron chi connectivity index (χ3n) is 3.07. The quantitative estimate of drug-likeness (QED) is 0.180. The molecule has 4 rings (SSSR count). The second-order valence-corrected chi connectivity index (χ2v) is 5.16. The van der Waals surface area contributed by atoms with Crippen LogP contribution in [0.25, 0.3) is 0 Å². The molecule has 0 heterocycles. The number of hydrogen-bond acceptors (Lipinski definition) is 0. The molecule has 0 nitrogen and oxygen atoms in total. The number of halogens is 2. The molecule has 0 aliphatic carbocycles. The van der Waals surface area contributed by atoms with Gasteiger partial charge in [-0.1, -0.05) is 0 Å². The van der Waals surface area contributed by atoms with Gasteiger partial charge in [0.15, 0.2) is 0 Å². The standard InChI is InChI=1S/C11H9Cl.2C5H5.ClH.2Fe/c12-11(9-5-1-2-6-9)10-7-3-4-8-10;2*1-2-4-5-3-1;;;/h1-8,11H;2*1-5H;1H;;/q-2;2*-1;;2*+2. The van der Waals surface area contributed by atoms with E-state index in [1.807, 2.05) is 109 Å². The molecule has 4 aromatic rings. The van der Waals surface area contributed by atoms with Gasteiger partial charge >= 0.3 is 34.1 Å². The van der Waals surface area contributed by atoms with E-state index in [0.29, 0.717) is 0 Å². The van der Waals surface area contributed by atoms with E-state index in [-0.39, 0.29) is 51.9 Å². The van der Waals surface area contributed by atoms with Crippen molar-refractivity contribution >= 4 is 24.0 Å². The monoisotopic (exact) mass is 454 g/mol. The second-order valence-electron chi connectivity index (χ2n) is 4.72. The zero-order chi connectivity index (χ0) is 15.5. The van der Waals surface area contributed by atoms with Crippen molar-refractivity contribution in [1.29, 1.82) is 0 Å². The second kappa shape index (κ2) is 16.5. The van der Waals surface area contributed by atoms with E-state index in [0.717, 1.165) is 0 Å². The maximum Gasteiger partial charge on any atom is 2.00 e. The number of rotatable bonds is 2. The molecule has 4 aromatic carbocycles. The number of alkyl halides is 1. The summed E-state index contributed by atoms with van der Waals surface area (Å²) in [7, 11) is 0. The molecule has 0 amide bonds. The molecule has 134 valence electrons. The predicted octanol–water partition coefficient (Wildman–Crippen LogP) is 6.68. The molecule has 0 saturated carbocycles. The fourth-order valence-electron chi connectivity index (χ4n) is 1.95. The Morgan fingerprint density at radius 1 is 0.560 bits per heavy atom. The van der Waals surface area contributed by atoms with Gasteiger partial charge < -0.3 is 0 Å². The van der Waals surface area contributed by atoms with E-state index in [4.69, 9.17) is 11.6 Å². The maximum absolute atomic E-state index is 6.21. The summed E-state index contributed by atoms with van der Waals surface area (Å²) in [6.45, 7) is 0. The predicted molar refractivity (Wildman–Crippen MR) is 103 cm³/mol. The normalized spacial score (nSPS) is 8.40. The van der Waals surface area contributed by atoms with Gasteiger partial charge in [0.25, 0.3) is 0 Å². The maximum atomic E-state index is 6.21. The summed E-state index contributed by atoms with van der Waals surface area (Å²) in [5.74, 6) is 0. The molecule has 25 heavy (non-hydrogen) atoms. The number of hydrogen-bond donors (Lipinski definition) is 0. The average molecular weight is 455 g/mol. The molecule has 0 unspecified atom stereocenters. The van der Waals surface area contributed by atoms with E-state index in [9.17, 15) is 0 Å². The first-order valence-electron chi connectivity index (χ1n) is 7.28. The molecule has 0 aliphatic rings. The molecule has 0 aromatic heterocycles. The fourth-order valence-corrected chi connectivity index (χ4v) is 2.24. The molecular formula is C21H20Cl2Fe2. The Morgan fingerprint density at radius 3 is 1.04 bits per heavy atom. The molecule has 4 heteroatoms. The average Bonchev–Trinajstić information content (AvgIpc) is 3.42. The minimum absolute atomic E-state index is 0. The van der Waals surface area contributed by atoms with E-state index in [2.05, 4.69) is 0 Å². The van der Waals surface area contributed by atoms with Gasteiger partial charge in [0.2, 0.25) is 0 Å². The van der Waals surface area contributed by atoms with Gasteiger partial charge in [-0.15, -0.1) is 35.1 Å². The van der Waals surface area contributed by atoms with Gasteiger partial charge in [0.1, 0.15) is 0 Å². The molecular weight excluding hydrogens is 435 g/mol. The SMILES string of the molecule is Cl.ClC([c-]1cccc1)[c-]1cccc1.[Fe+2].[Fe+2].c1cc[cH-]c1.c1cc[cH-]c1. The van der Waals surface area contributed by atoms with Gasteiger partial charge in [-0.25, -0.2) is 48.5 Å². The third-order valence-corrected chi connectivity index (χ3v) is 3.58. The summed E-state index contributed by atoms with van der Waals surface area (Å²) in [4.78, 5) is 0. The zero-order valence-corrected chi connectivity index (χ0v) is 17.2. The van der Waals surface area contributed by atoms with Crippen molar-refractivity contribution in [1.82, 2.24) is 0 Å². The van der Waals surface area contributed by atoms with E-state index < -0.39 is 0 Å². The molecule has 0 saturated heterocycles. The summed E-state index contributed by atoms with van der Waals surface area (Å²) in [6, 6.07) is 36.2. The molecule has 0 atom stereocenters. The molecule has 0 aliphatic heterocycles. The Morgan fingerprint density at radius 2 is 0.840 bits per heavy atom. The molecule has 0 fully saturated rings. The largest absolute Gasteiger partial charge is 2.00 e. The van der Waals surface area contributed by atoms with Gasteiger partial charge in [-0.2, -0.15) is 60.7 Å². The van der Waals surface area contributed by atoms with E-state index in [1.165, 1.54) is 11.1 Å². The zero-order valence-electron chi connectivity index (χ0n) is 13.5. The van der Waals surface area contributed by atoms with Crippen molar-refractivity contribution in [3.05, 3.63) is 120 Å². The van der Waals surface area contributed by atoms with Crippen LogP contribution in [0.2, 0.25) is 0 Å². The van der Waals surface area contributed by atoms with Crippen molar-refractivity contribution in [3.63, 3.8) is 0 Å². The fraction of sp³-hybridized carbons (Fsp3) is 0.0476. The molecule has 0 radical (unpaired) electrons. The minimum Gasteiger partial charge on any atom is -0.214 e. The minimum atomic E-state index is 0. The Bertz CT molecular complexity index is 557. The summed E-state index contributed by atoms with van der Waals surface area (Å²) in [5, 5.41) is 0.00926. The van der Waals surface area contributed by atoms with Crippen molar-refractivity contribution in [2.75, 3.05) is 0 Å². The van der Waals surface area contributed by atoms with Gasteiger partial charge in [-0.3, -0.25) is 0 Å².